The van der Waals surface area contributed by atoms with Crippen molar-refractivity contribution < 1.29 is 29.0 Å². The first-order chi connectivity index (χ1) is 13.3. The molecule has 1 saturated heterocycles. The van der Waals surface area contributed by atoms with Crippen LogP contribution < -0.4 is 19.9 Å². The minimum absolute atomic E-state index is 0.0158. The highest BCUT2D eigenvalue weighted by molar-refractivity contribution is 7.80. The molecule has 1 heterocycles. The third-order valence-electron chi connectivity index (χ3n) is 3.71. The van der Waals surface area contributed by atoms with Crippen LogP contribution in [-0.2, 0) is 14.4 Å². The van der Waals surface area contributed by atoms with Crippen LogP contribution in [0.2, 0.25) is 0 Å². The van der Waals surface area contributed by atoms with Gasteiger partial charge in [-0.05, 0) is 49.8 Å². The second kappa shape index (κ2) is 9.14. The van der Waals surface area contributed by atoms with Crippen molar-refractivity contribution in [2.75, 3.05) is 13.2 Å². The smallest absolute Gasteiger partial charge is 0.265 e. The molecule has 148 valence electrons. The van der Waals surface area contributed by atoms with E-state index in [4.69, 9.17) is 21.7 Å². The molecule has 9 heteroatoms. The topological polar surface area (TPSA) is 108 Å². The molecule has 1 fully saturated rings. The molecule has 1 aliphatic rings. The lowest BCUT2D eigenvalue weighted by Crippen LogP contribution is -2.53. The fourth-order valence-corrected chi connectivity index (χ4v) is 2.62. The predicted molar refractivity (Wildman–Crippen MR) is 103 cm³/mol. The second-order valence-electron chi connectivity index (χ2n) is 5.74. The Bertz CT molecular complexity index is 864. The van der Waals surface area contributed by atoms with Crippen molar-refractivity contribution in [2.45, 2.75) is 20.0 Å². The van der Waals surface area contributed by atoms with E-state index in [0.29, 0.717) is 12.2 Å². The molecule has 0 radical (unpaired) electrons. The van der Waals surface area contributed by atoms with Gasteiger partial charge in [0, 0.05) is 6.54 Å². The minimum Gasteiger partial charge on any atom is -0.546 e. The molecule has 1 aromatic rings. The number of nitrogens with one attached hydrogen (secondary N) is 1. The summed E-state index contributed by atoms with van der Waals surface area (Å²) < 4.78 is 10.8. The summed E-state index contributed by atoms with van der Waals surface area (Å²) in [4.78, 5) is 36.9. The number of hydrogen-bond acceptors (Lipinski definition) is 7. The van der Waals surface area contributed by atoms with Crippen LogP contribution in [0.5, 0.6) is 11.5 Å². The molecule has 2 amide bonds. The molecule has 28 heavy (non-hydrogen) atoms. The van der Waals surface area contributed by atoms with Gasteiger partial charge in [-0.1, -0.05) is 12.1 Å². The van der Waals surface area contributed by atoms with Crippen LogP contribution in [-0.4, -0.2) is 47.1 Å². The van der Waals surface area contributed by atoms with Crippen LogP contribution in [0.3, 0.4) is 0 Å². The van der Waals surface area contributed by atoms with Crippen molar-refractivity contribution in [3.05, 3.63) is 42.0 Å². The third kappa shape index (κ3) is 4.74. The number of rotatable bonds is 8. The number of amides is 2. The largest absolute Gasteiger partial charge is 0.546 e. The summed E-state index contributed by atoms with van der Waals surface area (Å²) in [6.45, 7) is 7.12. The zero-order valence-corrected chi connectivity index (χ0v) is 16.2. The van der Waals surface area contributed by atoms with E-state index in [-0.39, 0.29) is 28.7 Å². The fraction of sp³-hybridized carbons (Fsp3) is 0.263. The van der Waals surface area contributed by atoms with Crippen molar-refractivity contribution in [3.63, 3.8) is 0 Å². The van der Waals surface area contributed by atoms with E-state index in [0.717, 1.165) is 0 Å². The normalized spacial score (nSPS) is 16.6. The Morgan fingerprint density at radius 2 is 2.11 bits per heavy atom. The Hall–Kier alpha value is -3.20. The van der Waals surface area contributed by atoms with Crippen molar-refractivity contribution in [3.8, 4) is 11.5 Å². The first kappa shape index (κ1) is 21.1. The lowest BCUT2D eigenvalue weighted by molar-refractivity contribution is -0.312. The summed E-state index contributed by atoms with van der Waals surface area (Å²) in [6, 6.07) is 4.60. The first-order valence-electron chi connectivity index (χ1n) is 8.42. The summed E-state index contributed by atoms with van der Waals surface area (Å²) in [5, 5.41) is 13.4. The molecule has 1 atom stereocenters. The highest BCUT2D eigenvalue weighted by Crippen LogP contribution is 2.30. The van der Waals surface area contributed by atoms with Crippen LogP contribution in [0, 0.1) is 0 Å². The number of benzene rings is 1. The number of carbonyl (C=O) groups is 3. The van der Waals surface area contributed by atoms with Gasteiger partial charge in [-0.3, -0.25) is 19.8 Å². The molecular formula is C19H19N2O6S-. The van der Waals surface area contributed by atoms with Crippen LogP contribution in [0.4, 0.5) is 0 Å². The zero-order chi connectivity index (χ0) is 20.8. The molecule has 0 saturated carbocycles. The number of hydrogen-bond donors (Lipinski definition) is 1. The number of thiocarbonyl (C=S) groups is 1. The Morgan fingerprint density at radius 3 is 2.71 bits per heavy atom. The molecule has 0 aromatic heterocycles. The average molecular weight is 403 g/mol. The Labute approximate surface area is 167 Å². The Kier molecular flexibility index (Phi) is 6.89. The fourth-order valence-electron chi connectivity index (χ4n) is 2.37. The van der Waals surface area contributed by atoms with Gasteiger partial charge in [-0.15, -0.1) is 6.58 Å². The van der Waals surface area contributed by atoms with Crippen molar-refractivity contribution in [2.24, 2.45) is 0 Å². The van der Waals surface area contributed by atoms with Crippen molar-refractivity contribution in [1.82, 2.24) is 10.2 Å². The molecule has 1 aromatic carbocycles. The summed E-state index contributed by atoms with van der Waals surface area (Å²) in [5.41, 5.74) is 0.386. The summed E-state index contributed by atoms with van der Waals surface area (Å²) in [5.74, 6) is -2.05. The Balaban J connectivity index is 2.38. The van der Waals surface area contributed by atoms with Gasteiger partial charge >= 0.3 is 0 Å². The molecule has 0 aliphatic carbocycles. The molecule has 0 spiro atoms. The molecular weight excluding hydrogens is 384 g/mol. The van der Waals surface area contributed by atoms with E-state index in [1.165, 1.54) is 30.0 Å². The minimum atomic E-state index is -1.36. The maximum absolute atomic E-state index is 12.6. The van der Waals surface area contributed by atoms with E-state index in [9.17, 15) is 19.5 Å². The summed E-state index contributed by atoms with van der Waals surface area (Å²) in [6.07, 6.45) is 1.71. The zero-order valence-electron chi connectivity index (χ0n) is 15.4. The maximum Gasteiger partial charge on any atom is 0.265 e. The highest BCUT2D eigenvalue weighted by atomic mass is 32.1. The molecule has 0 unspecified atom stereocenters. The second-order valence-corrected chi connectivity index (χ2v) is 6.13. The number of nitrogens with zero attached hydrogens (tertiary/aromatic N) is 1. The Morgan fingerprint density at radius 1 is 1.39 bits per heavy atom. The molecule has 1 aliphatic heterocycles. The monoisotopic (exact) mass is 403 g/mol. The van der Waals surface area contributed by atoms with Crippen LogP contribution in [0.25, 0.3) is 6.08 Å². The third-order valence-corrected chi connectivity index (χ3v) is 4.03. The van der Waals surface area contributed by atoms with Crippen molar-refractivity contribution in [1.29, 1.82) is 0 Å². The van der Waals surface area contributed by atoms with Crippen LogP contribution in [0.1, 0.15) is 19.4 Å². The van der Waals surface area contributed by atoms with Gasteiger partial charge in [0.05, 0.1) is 12.6 Å². The number of carbonyl (C=O) groups excluding carboxylic acids is 3. The predicted octanol–water partition coefficient (Wildman–Crippen LogP) is 0.415. The lowest BCUT2D eigenvalue weighted by atomic mass is 10.1. The van der Waals surface area contributed by atoms with Gasteiger partial charge in [-0.25, -0.2) is 0 Å². The molecule has 2 rings (SSSR count). The van der Waals surface area contributed by atoms with Gasteiger partial charge in [0.1, 0.15) is 11.7 Å². The van der Waals surface area contributed by atoms with Gasteiger partial charge < -0.3 is 19.4 Å². The summed E-state index contributed by atoms with van der Waals surface area (Å²) >= 11 is 5.01. The van der Waals surface area contributed by atoms with E-state index in [2.05, 4.69) is 11.9 Å². The van der Waals surface area contributed by atoms with Gasteiger partial charge in [-0.2, -0.15) is 0 Å². The van der Waals surface area contributed by atoms with Crippen LogP contribution in [0.15, 0.2) is 36.4 Å². The first-order valence-corrected chi connectivity index (χ1v) is 8.83. The number of carboxylic acids is 1. The van der Waals surface area contributed by atoms with Gasteiger partial charge in [0.25, 0.3) is 11.8 Å². The van der Waals surface area contributed by atoms with Crippen molar-refractivity contribution >= 4 is 41.2 Å². The quantitative estimate of drug-likeness (QED) is 0.290. The number of aliphatic carboxylic acids is 1. The highest BCUT2D eigenvalue weighted by Gasteiger charge is 2.32. The molecule has 0 bridgehead atoms. The number of ether oxygens (including phenoxy) is 2. The van der Waals surface area contributed by atoms with Gasteiger partial charge in [0.15, 0.2) is 16.6 Å². The lowest BCUT2D eigenvalue weighted by Gasteiger charge is -2.27. The SMILES string of the molecule is C=CCN1C(=O)/C(=C\c2ccc(O[C@H](C)C(=O)[O-])c(OCC)c2)C(=O)NC1=S. The number of carboxylic acid groups (broad SMARTS) is 1. The van der Waals surface area contributed by atoms with E-state index >= 15 is 0 Å². The standard InChI is InChI=1S/C19H20N2O6S/c1-4-8-21-17(23)13(16(22)20-19(21)28)9-12-6-7-14(15(10-12)26-5-2)27-11(3)18(24)25/h4,6-7,9-11H,1,5,8H2,2-3H3,(H,24,25)(H,20,22,28)/p-1/b13-9-/t11-/m1/s1. The van der Waals surface area contributed by atoms with Crippen LogP contribution >= 0.6 is 12.2 Å². The molecule has 8 nitrogen and oxygen atoms in total. The van der Waals surface area contributed by atoms with E-state index < -0.39 is 23.9 Å². The van der Waals surface area contributed by atoms with E-state index in [1.54, 1.807) is 19.1 Å². The summed E-state index contributed by atoms with van der Waals surface area (Å²) in [7, 11) is 0. The molecule has 1 N–H and O–H groups in total. The van der Waals surface area contributed by atoms with E-state index in [1.807, 2.05) is 0 Å². The van der Waals surface area contributed by atoms with Gasteiger partial charge in [0.2, 0.25) is 0 Å². The maximum atomic E-state index is 12.6. The average Bonchev–Trinajstić information content (AvgIpc) is 2.64.